The van der Waals surface area contributed by atoms with E-state index in [1.165, 1.54) is 32.4 Å². The van der Waals surface area contributed by atoms with Gasteiger partial charge >= 0.3 is 38.6 Å². The average molecular weight is 956 g/mol. The first kappa shape index (κ1) is 42.1. The fraction of sp³-hybridized carbons (Fsp3) is 0.143. The van der Waals surface area contributed by atoms with E-state index in [2.05, 4.69) is 37.5 Å². The van der Waals surface area contributed by atoms with Gasteiger partial charge < -0.3 is 14.8 Å². The molecule has 0 aliphatic rings. The topological polar surface area (TPSA) is 80.5 Å². The standard InChI is InChI=1S/C13H8F3N4.2C11H7F4N2.Ir/c14-13(15,16)11-8-10(18-19-11)12-17-6-7-20(12)9-4-2-1-3-5-9;2*1-17-10(11(13,14)15)6-9(16-17)7-2-4-8(12)5-3-7;/h1-8H;2*2,4-6H,1H3;/q3*-1;+3. The molecule has 0 saturated carbocycles. The first-order valence-corrected chi connectivity index (χ1v) is 15.1. The maximum atomic E-state index is 12.6. The fourth-order valence-electron chi connectivity index (χ4n) is 4.69. The summed E-state index contributed by atoms with van der Waals surface area (Å²) in [4.78, 5) is 4.05. The molecule has 0 radical (unpaired) electrons. The van der Waals surface area contributed by atoms with Gasteiger partial charge in [-0.3, -0.25) is 18.1 Å². The van der Waals surface area contributed by atoms with Crippen molar-refractivity contribution < 1.29 is 68.4 Å². The fourth-order valence-corrected chi connectivity index (χ4v) is 4.69. The van der Waals surface area contributed by atoms with E-state index in [9.17, 15) is 48.3 Å². The zero-order valence-electron chi connectivity index (χ0n) is 27.8. The zero-order chi connectivity index (χ0) is 39.4. The minimum atomic E-state index is -4.50. The van der Waals surface area contributed by atoms with Gasteiger partial charge in [-0.1, -0.05) is 23.9 Å². The van der Waals surface area contributed by atoms with E-state index in [-0.39, 0.29) is 37.2 Å². The van der Waals surface area contributed by atoms with Crippen LogP contribution < -0.4 is 5.10 Å². The van der Waals surface area contributed by atoms with Crippen LogP contribution in [-0.2, 0) is 52.7 Å². The third-order valence-electron chi connectivity index (χ3n) is 7.18. The Morgan fingerprint density at radius 2 is 1.13 bits per heavy atom. The number of hydrogen-bond donors (Lipinski definition) is 0. The van der Waals surface area contributed by atoms with Crippen molar-refractivity contribution >= 4 is 0 Å². The molecular formula is C35H22F11IrN8. The van der Waals surface area contributed by atoms with Crippen LogP contribution in [-0.4, -0.2) is 34.2 Å². The number of hydrogen-bond acceptors (Lipinski definition) is 4. The Bertz CT molecular complexity index is 2180. The number of imidazole rings is 1. The van der Waals surface area contributed by atoms with Crippen molar-refractivity contribution in [1.82, 2.24) is 39.3 Å². The van der Waals surface area contributed by atoms with Crippen molar-refractivity contribution in [3.05, 3.63) is 138 Å². The molecule has 4 aromatic heterocycles. The van der Waals surface area contributed by atoms with E-state index in [0.29, 0.717) is 17.0 Å². The Labute approximate surface area is 317 Å². The molecule has 0 bridgehead atoms. The number of nitrogens with zero attached hydrogens (tertiary/aromatic N) is 8. The third kappa shape index (κ3) is 10.5. The molecule has 7 aromatic rings. The number of aromatic nitrogens is 8. The molecule has 288 valence electrons. The minimum Gasteiger partial charge on any atom is -0.572 e. The van der Waals surface area contributed by atoms with Crippen LogP contribution in [0.3, 0.4) is 0 Å². The van der Waals surface area contributed by atoms with Crippen LogP contribution >= 0.6 is 0 Å². The van der Waals surface area contributed by atoms with Crippen LogP contribution in [0.4, 0.5) is 48.3 Å². The Morgan fingerprint density at radius 1 is 0.636 bits per heavy atom. The van der Waals surface area contributed by atoms with Gasteiger partial charge in [0, 0.05) is 55.2 Å². The van der Waals surface area contributed by atoms with Gasteiger partial charge in [-0.15, -0.1) is 59.7 Å². The predicted molar refractivity (Wildman–Crippen MR) is 170 cm³/mol. The van der Waals surface area contributed by atoms with Gasteiger partial charge in [-0.2, -0.15) is 39.5 Å². The summed E-state index contributed by atoms with van der Waals surface area (Å²) in [6.45, 7) is 0. The van der Waals surface area contributed by atoms with Crippen molar-refractivity contribution in [2.24, 2.45) is 14.1 Å². The Kier molecular flexibility index (Phi) is 12.9. The molecule has 0 aliphatic heterocycles. The molecule has 4 heterocycles. The number of aryl methyl sites for hydroxylation is 2. The first-order valence-electron chi connectivity index (χ1n) is 15.1. The minimum absolute atomic E-state index is 0. The summed E-state index contributed by atoms with van der Waals surface area (Å²) < 4.78 is 141. The van der Waals surface area contributed by atoms with Crippen molar-refractivity contribution in [2.75, 3.05) is 0 Å². The molecule has 8 nitrogen and oxygen atoms in total. The van der Waals surface area contributed by atoms with E-state index in [1.54, 1.807) is 10.8 Å². The number of halogens is 11. The van der Waals surface area contributed by atoms with Gasteiger partial charge in [0.1, 0.15) is 22.9 Å². The van der Waals surface area contributed by atoms with Crippen molar-refractivity contribution in [2.45, 2.75) is 18.5 Å². The summed E-state index contributed by atoms with van der Waals surface area (Å²) in [5, 5.41) is 14.1. The number of alkyl halides is 9. The maximum Gasteiger partial charge on any atom is 3.00 e. The van der Waals surface area contributed by atoms with E-state index >= 15 is 0 Å². The first-order chi connectivity index (χ1) is 25.3. The SMILES string of the molecule is Cn1nc(-c2[c-]cc(F)cc2)cc1C(F)(F)F.Cn1nc(-c2[c-]cc(F)cc2)cc1C(F)(F)F.FC(F)(F)c1cc(-c2nccn2-c2ccccc2)[n-]n1.[Ir+3]. The number of benzene rings is 3. The molecule has 0 fully saturated rings. The summed E-state index contributed by atoms with van der Waals surface area (Å²) in [6, 6.07) is 24.0. The zero-order valence-corrected chi connectivity index (χ0v) is 30.2. The molecule has 0 N–H and O–H groups in total. The smallest absolute Gasteiger partial charge is 0.572 e. The van der Waals surface area contributed by atoms with Crippen LogP contribution in [0.15, 0.2) is 97.3 Å². The summed E-state index contributed by atoms with van der Waals surface area (Å²) in [6.07, 6.45) is -10.3. The van der Waals surface area contributed by atoms with E-state index < -0.39 is 47.2 Å². The molecule has 20 heteroatoms. The number of para-hydroxylation sites is 1. The Morgan fingerprint density at radius 3 is 1.51 bits per heavy atom. The van der Waals surface area contributed by atoms with E-state index in [4.69, 9.17) is 0 Å². The largest absolute Gasteiger partial charge is 3.00 e. The molecule has 0 unspecified atom stereocenters. The molecule has 7 rings (SSSR count). The molecule has 0 aliphatic carbocycles. The van der Waals surface area contributed by atoms with Crippen molar-refractivity contribution in [3.8, 4) is 39.7 Å². The second-order valence-corrected chi connectivity index (χ2v) is 11.0. The third-order valence-corrected chi connectivity index (χ3v) is 7.18. The Balaban J connectivity index is 0.000000183. The molecule has 0 spiro atoms. The Hall–Kier alpha value is -5.62. The van der Waals surface area contributed by atoms with Gasteiger partial charge in [-0.25, -0.2) is 15.2 Å². The summed E-state index contributed by atoms with van der Waals surface area (Å²) >= 11 is 0. The molecule has 3 aromatic carbocycles. The summed E-state index contributed by atoms with van der Waals surface area (Å²) in [5.74, 6) is -0.680. The maximum absolute atomic E-state index is 12.6. The van der Waals surface area contributed by atoms with Crippen LogP contribution in [0.1, 0.15) is 17.1 Å². The van der Waals surface area contributed by atoms with Crippen molar-refractivity contribution in [1.29, 1.82) is 0 Å². The average Bonchev–Trinajstić information content (AvgIpc) is 3.92. The molecular weight excluding hydrogens is 934 g/mol. The van der Waals surface area contributed by atoms with Crippen LogP contribution in [0.25, 0.3) is 39.7 Å². The van der Waals surface area contributed by atoms with Gasteiger partial charge in [0.15, 0.2) is 0 Å². The van der Waals surface area contributed by atoms with Gasteiger partial charge in [0.2, 0.25) is 0 Å². The van der Waals surface area contributed by atoms with Crippen LogP contribution in [0, 0.1) is 23.8 Å². The predicted octanol–water partition coefficient (Wildman–Crippen LogP) is 9.00. The quantitative estimate of drug-likeness (QED) is 0.130. The summed E-state index contributed by atoms with van der Waals surface area (Å²) in [7, 11) is 2.41. The van der Waals surface area contributed by atoms with Gasteiger partial charge in [-0.05, 0) is 30.3 Å². The normalized spacial score (nSPS) is 11.6. The molecule has 0 atom stereocenters. The van der Waals surface area contributed by atoms with Gasteiger partial charge in [0.05, 0.1) is 0 Å². The second kappa shape index (κ2) is 16.8. The van der Waals surface area contributed by atoms with E-state index in [1.807, 2.05) is 30.3 Å². The van der Waals surface area contributed by atoms with Crippen molar-refractivity contribution in [3.63, 3.8) is 0 Å². The van der Waals surface area contributed by atoms with E-state index in [0.717, 1.165) is 57.5 Å². The van der Waals surface area contributed by atoms with Crippen LogP contribution in [0.5, 0.6) is 0 Å². The molecule has 0 saturated heterocycles. The number of rotatable bonds is 4. The van der Waals surface area contributed by atoms with Crippen LogP contribution in [0.2, 0.25) is 0 Å². The summed E-state index contributed by atoms with van der Waals surface area (Å²) in [5.41, 5.74) is -0.997. The monoisotopic (exact) mass is 956 g/mol. The molecule has 0 amide bonds. The van der Waals surface area contributed by atoms with Gasteiger partial charge in [0.25, 0.3) is 0 Å². The second-order valence-electron chi connectivity index (χ2n) is 11.0. The molecule has 55 heavy (non-hydrogen) atoms.